The van der Waals surface area contributed by atoms with Gasteiger partial charge in [0.2, 0.25) is 0 Å². The molecule has 1 aromatic carbocycles. The van der Waals surface area contributed by atoms with E-state index in [1.165, 1.54) is 6.07 Å². The van der Waals surface area contributed by atoms with Gasteiger partial charge in [-0.15, -0.1) is 0 Å². The second-order valence-electron chi connectivity index (χ2n) is 4.51. The summed E-state index contributed by atoms with van der Waals surface area (Å²) in [4.78, 5) is 12.9. The maximum Gasteiger partial charge on any atom is 0.408 e. The summed E-state index contributed by atoms with van der Waals surface area (Å²) in [7, 11) is 3.63. The highest BCUT2D eigenvalue weighted by molar-refractivity contribution is 6.31. The Bertz CT molecular complexity index is 509. The van der Waals surface area contributed by atoms with Crippen LogP contribution in [0, 0.1) is 0 Å². The molecule has 19 heavy (non-hydrogen) atoms. The first-order valence-corrected chi connectivity index (χ1v) is 5.97. The molecule has 0 aliphatic carbocycles. The standard InChI is InChI=1S/C12H13ClF2N2O2/c1-17(2)7-3-4-8(9(13)5-7)10-12(14,15)6-19-11(18)16-10/h3-5,10H,6H2,1-2H3,(H,16,18)/t10-/m1/s1. The Hall–Kier alpha value is -1.56. The molecule has 0 radical (unpaired) electrons. The summed E-state index contributed by atoms with van der Waals surface area (Å²) >= 11 is 6.03. The van der Waals surface area contributed by atoms with E-state index < -0.39 is 24.7 Å². The third-order valence-corrected chi connectivity index (χ3v) is 3.22. The lowest BCUT2D eigenvalue weighted by Gasteiger charge is -2.32. The molecule has 1 atom stereocenters. The minimum atomic E-state index is -3.20. The van der Waals surface area contributed by atoms with Gasteiger partial charge in [0.15, 0.2) is 6.61 Å². The van der Waals surface area contributed by atoms with Gasteiger partial charge in [-0.2, -0.15) is 0 Å². The van der Waals surface area contributed by atoms with E-state index in [1.807, 2.05) is 14.1 Å². The van der Waals surface area contributed by atoms with E-state index in [0.29, 0.717) is 0 Å². The largest absolute Gasteiger partial charge is 0.443 e. The van der Waals surface area contributed by atoms with Gasteiger partial charge in [0, 0.05) is 24.8 Å². The van der Waals surface area contributed by atoms with Gasteiger partial charge in [0.1, 0.15) is 6.04 Å². The Morgan fingerprint density at radius 2 is 2.16 bits per heavy atom. The molecule has 1 aliphatic rings. The number of nitrogens with zero attached hydrogens (tertiary/aromatic N) is 1. The van der Waals surface area contributed by atoms with Crippen LogP contribution in [0.15, 0.2) is 18.2 Å². The SMILES string of the molecule is CN(C)c1ccc([C@H]2NC(=O)OCC2(F)F)c(Cl)c1. The van der Waals surface area contributed by atoms with Crippen molar-refractivity contribution in [2.24, 2.45) is 0 Å². The highest BCUT2D eigenvalue weighted by Gasteiger charge is 2.47. The van der Waals surface area contributed by atoms with Crippen molar-refractivity contribution in [1.82, 2.24) is 5.32 Å². The number of alkyl halides is 2. The first-order valence-electron chi connectivity index (χ1n) is 5.59. The molecular weight excluding hydrogens is 278 g/mol. The molecule has 4 nitrogen and oxygen atoms in total. The summed E-state index contributed by atoms with van der Waals surface area (Å²) in [6.07, 6.45) is -0.872. The maximum atomic E-state index is 13.8. The van der Waals surface area contributed by atoms with Crippen molar-refractivity contribution in [3.05, 3.63) is 28.8 Å². The van der Waals surface area contributed by atoms with Crippen molar-refractivity contribution in [3.8, 4) is 0 Å². The second-order valence-corrected chi connectivity index (χ2v) is 4.92. The van der Waals surface area contributed by atoms with E-state index in [2.05, 4.69) is 10.1 Å². The first-order chi connectivity index (χ1) is 8.81. The van der Waals surface area contributed by atoms with Crippen molar-refractivity contribution in [2.75, 3.05) is 25.6 Å². The maximum absolute atomic E-state index is 13.8. The average molecular weight is 291 g/mol. The van der Waals surface area contributed by atoms with Gasteiger partial charge < -0.3 is 15.0 Å². The molecule has 1 heterocycles. The molecule has 104 valence electrons. The van der Waals surface area contributed by atoms with Gasteiger partial charge in [-0.25, -0.2) is 13.6 Å². The lowest BCUT2D eigenvalue weighted by Crippen LogP contribution is -2.49. The number of amides is 1. The fourth-order valence-electron chi connectivity index (χ4n) is 1.84. The summed E-state index contributed by atoms with van der Waals surface area (Å²) in [5.74, 6) is -3.20. The summed E-state index contributed by atoms with van der Waals surface area (Å²) in [6, 6.07) is 3.26. The molecule has 0 aromatic heterocycles. The zero-order chi connectivity index (χ0) is 14.2. The molecule has 1 N–H and O–H groups in total. The van der Waals surface area contributed by atoms with Crippen LogP contribution in [-0.2, 0) is 4.74 Å². The highest BCUT2D eigenvalue weighted by atomic mass is 35.5. The van der Waals surface area contributed by atoms with Crippen LogP contribution < -0.4 is 10.2 Å². The van der Waals surface area contributed by atoms with Crippen LogP contribution in [-0.4, -0.2) is 32.7 Å². The van der Waals surface area contributed by atoms with Gasteiger partial charge in [0.25, 0.3) is 0 Å². The predicted molar refractivity (Wildman–Crippen MR) is 68.0 cm³/mol. The highest BCUT2D eigenvalue weighted by Crippen LogP contribution is 2.38. The molecule has 7 heteroatoms. The van der Waals surface area contributed by atoms with Crippen LogP contribution in [0.4, 0.5) is 19.3 Å². The topological polar surface area (TPSA) is 41.6 Å². The Morgan fingerprint density at radius 3 is 2.74 bits per heavy atom. The number of hydrogen-bond acceptors (Lipinski definition) is 3. The van der Waals surface area contributed by atoms with E-state index in [0.717, 1.165) is 5.69 Å². The molecule has 2 rings (SSSR count). The number of benzene rings is 1. The molecular formula is C12H13ClF2N2O2. The van der Waals surface area contributed by atoms with Crippen molar-refractivity contribution in [1.29, 1.82) is 0 Å². The summed E-state index contributed by atoms with van der Waals surface area (Å²) < 4.78 is 31.8. The molecule has 1 aliphatic heterocycles. The Labute approximate surface area is 114 Å². The lowest BCUT2D eigenvalue weighted by atomic mass is 9.99. The molecule has 1 amide bonds. The number of rotatable bonds is 2. The summed E-state index contributed by atoms with van der Waals surface area (Å²) in [6.45, 7) is -0.949. The minimum Gasteiger partial charge on any atom is -0.443 e. The van der Waals surface area contributed by atoms with E-state index in [9.17, 15) is 13.6 Å². The van der Waals surface area contributed by atoms with Crippen LogP contribution in [0.25, 0.3) is 0 Å². The zero-order valence-electron chi connectivity index (χ0n) is 10.4. The summed E-state index contributed by atoms with van der Waals surface area (Å²) in [5, 5.41) is 2.28. The smallest absolute Gasteiger partial charge is 0.408 e. The molecule has 0 saturated carbocycles. The normalized spacial score (nSPS) is 21.5. The average Bonchev–Trinajstić information content (AvgIpc) is 2.32. The number of nitrogens with one attached hydrogen (secondary N) is 1. The number of hydrogen-bond donors (Lipinski definition) is 1. The third kappa shape index (κ3) is 2.73. The van der Waals surface area contributed by atoms with E-state index >= 15 is 0 Å². The molecule has 1 saturated heterocycles. The zero-order valence-corrected chi connectivity index (χ0v) is 11.2. The first kappa shape index (κ1) is 13.9. The number of carbonyl (C=O) groups excluding carboxylic acids is 1. The van der Waals surface area contributed by atoms with Gasteiger partial charge in [-0.1, -0.05) is 17.7 Å². The Kier molecular flexibility index (Phi) is 3.54. The molecule has 0 spiro atoms. The van der Waals surface area contributed by atoms with Crippen LogP contribution >= 0.6 is 11.6 Å². The Balaban J connectivity index is 2.37. The number of cyclic esters (lactones) is 1. The van der Waals surface area contributed by atoms with Gasteiger partial charge in [-0.05, 0) is 17.7 Å². The van der Waals surface area contributed by atoms with Crippen molar-refractivity contribution < 1.29 is 18.3 Å². The van der Waals surface area contributed by atoms with E-state index in [4.69, 9.17) is 11.6 Å². The third-order valence-electron chi connectivity index (χ3n) is 2.89. The summed E-state index contributed by atoms with van der Waals surface area (Å²) in [5.41, 5.74) is 0.962. The lowest BCUT2D eigenvalue weighted by molar-refractivity contribution is -0.104. The monoisotopic (exact) mass is 290 g/mol. The number of ether oxygens (including phenoxy) is 1. The van der Waals surface area contributed by atoms with E-state index in [1.54, 1.807) is 17.0 Å². The number of alkyl carbamates (subject to hydrolysis) is 1. The molecule has 1 fully saturated rings. The minimum absolute atomic E-state index is 0.175. The number of halogens is 3. The van der Waals surface area contributed by atoms with Crippen LogP contribution in [0.1, 0.15) is 11.6 Å². The van der Waals surface area contributed by atoms with Crippen molar-refractivity contribution in [2.45, 2.75) is 12.0 Å². The van der Waals surface area contributed by atoms with Crippen molar-refractivity contribution in [3.63, 3.8) is 0 Å². The number of anilines is 1. The number of carbonyl (C=O) groups is 1. The molecule has 1 aromatic rings. The van der Waals surface area contributed by atoms with E-state index in [-0.39, 0.29) is 10.6 Å². The van der Waals surface area contributed by atoms with Crippen LogP contribution in [0.3, 0.4) is 0 Å². The van der Waals surface area contributed by atoms with Gasteiger partial charge in [0.05, 0.1) is 0 Å². The van der Waals surface area contributed by atoms with Crippen LogP contribution in [0.2, 0.25) is 5.02 Å². The second kappa shape index (κ2) is 4.85. The molecule has 0 bridgehead atoms. The quantitative estimate of drug-likeness (QED) is 0.911. The fraction of sp³-hybridized carbons (Fsp3) is 0.417. The van der Waals surface area contributed by atoms with Crippen molar-refractivity contribution >= 4 is 23.4 Å². The fourth-order valence-corrected chi connectivity index (χ4v) is 2.13. The Morgan fingerprint density at radius 1 is 1.47 bits per heavy atom. The van der Waals surface area contributed by atoms with Gasteiger partial charge in [-0.3, -0.25) is 0 Å². The predicted octanol–water partition coefficient (Wildman–Crippen LogP) is 2.82. The van der Waals surface area contributed by atoms with Crippen LogP contribution in [0.5, 0.6) is 0 Å². The van der Waals surface area contributed by atoms with Gasteiger partial charge >= 0.3 is 12.0 Å². The molecule has 0 unspecified atom stereocenters.